The van der Waals surface area contributed by atoms with Gasteiger partial charge in [-0.25, -0.2) is 4.79 Å². The molecule has 1 fully saturated rings. The van der Waals surface area contributed by atoms with Crippen LogP contribution in [0.1, 0.15) is 39.2 Å². The van der Waals surface area contributed by atoms with Crippen molar-refractivity contribution in [1.82, 2.24) is 4.90 Å². The fourth-order valence-corrected chi connectivity index (χ4v) is 2.95. The zero-order valence-electron chi connectivity index (χ0n) is 14.0. The first kappa shape index (κ1) is 16.8. The molecular weight excluding hydrogens is 278 g/mol. The van der Waals surface area contributed by atoms with Crippen LogP contribution in [0.25, 0.3) is 0 Å². The van der Waals surface area contributed by atoms with Crippen molar-refractivity contribution >= 4 is 6.09 Å². The van der Waals surface area contributed by atoms with Crippen molar-refractivity contribution in [2.24, 2.45) is 0 Å². The van der Waals surface area contributed by atoms with Crippen LogP contribution in [-0.4, -0.2) is 42.4 Å². The fraction of sp³-hybridized carbons (Fsp3) is 0.611. The second-order valence-electron chi connectivity index (χ2n) is 6.85. The van der Waals surface area contributed by atoms with Crippen LogP contribution in [0.5, 0.6) is 0 Å². The minimum Gasteiger partial charge on any atom is -0.444 e. The minimum atomic E-state index is -0.466. The van der Waals surface area contributed by atoms with Gasteiger partial charge in [0, 0.05) is 20.1 Å². The van der Waals surface area contributed by atoms with E-state index in [9.17, 15) is 4.79 Å². The third-order valence-corrected chi connectivity index (χ3v) is 3.94. The highest BCUT2D eigenvalue weighted by Gasteiger charge is 2.37. The highest BCUT2D eigenvalue weighted by atomic mass is 16.6. The summed E-state index contributed by atoms with van der Waals surface area (Å²) in [7, 11) is 1.72. The maximum atomic E-state index is 12.4. The van der Waals surface area contributed by atoms with Crippen molar-refractivity contribution in [2.75, 3.05) is 13.7 Å². The molecule has 122 valence electrons. The van der Waals surface area contributed by atoms with Gasteiger partial charge in [0.2, 0.25) is 0 Å². The summed E-state index contributed by atoms with van der Waals surface area (Å²) in [6.07, 6.45) is 2.53. The summed E-state index contributed by atoms with van der Waals surface area (Å²) in [4.78, 5) is 14.2. The van der Waals surface area contributed by atoms with E-state index in [2.05, 4.69) is 12.1 Å². The number of rotatable bonds is 4. The topological polar surface area (TPSA) is 38.8 Å². The van der Waals surface area contributed by atoms with E-state index in [4.69, 9.17) is 9.47 Å². The van der Waals surface area contributed by atoms with Gasteiger partial charge in [0.25, 0.3) is 0 Å². The van der Waals surface area contributed by atoms with Crippen molar-refractivity contribution < 1.29 is 14.3 Å². The van der Waals surface area contributed by atoms with Crippen molar-refractivity contribution in [1.29, 1.82) is 0 Å². The van der Waals surface area contributed by atoms with Crippen LogP contribution in [0.2, 0.25) is 0 Å². The number of likely N-dealkylation sites (tertiary alicyclic amines) is 1. The van der Waals surface area contributed by atoms with Gasteiger partial charge in [-0.1, -0.05) is 30.3 Å². The summed E-state index contributed by atoms with van der Waals surface area (Å²) in [6.45, 7) is 6.43. The predicted molar refractivity (Wildman–Crippen MR) is 86.9 cm³/mol. The van der Waals surface area contributed by atoms with Gasteiger partial charge in [0.1, 0.15) is 5.60 Å². The number of amides is 1. The van der Waals surface area contributed by atoms with Crippen molar-refractivity contribution in [3.63, 3.8) is 0 Å². The van der Waals surface area contributed by atoms with E-state index in [-0.39, 0.29) is 18.2 Å². The SMILES string of the molecule is COC(Cc1ccccc1)C1CCCN1C(=O)OC(C)(C)C. The lowest BCUT2D eigenvalue weighted by Crippen LogP contribution is -2.46. The van der Waals surface area contributed by atoms with Gasteiger partial charge in [-0.3, -0.25) is 0 Å². The monoisotopic (exact) mass is 305 g/mol. The first-order valence-electron chi connectivity index (χ1n) is 7.97. The van der Waals surface area contributed by atoms with E-state index in [0.717, 1.165) is 25.8 Å². The molecule has 0 N–H and O–H groups in total. The van der Waals surface area contributed by atoms with Gasteiger partial charge in [0.15, 0.2) is 0 Å². The smallest absolute Gasteiger partial charge is 0.410 e. The van der Waals surface area contributed by atoms with Crippen molar-refractivity contribution in [2.45, 2.75) is 57.8 Å². The molecule has 0 bridgehead atoms. The third-order valence-electron chi connectivity index (χ3n) is 3.94. The van der Waals surface area contributed by atoms with Gasteiger partial charge in [0.05, 0.1) is 12.1 Å². The summed E-state index contributed by atoms with van der Waals surface area (Å²) >= 11 is 0. The average Bonchev–Trinajstić information content (AvgIpc) is 2.93. The summed E-state index contributed by atoms with van der Waals surface area (Å²) in [6, 6.07) is 10.3. The Balaban J connectivity index is 2.05. The lowest BCUT2D eigenvalue weighted by Gasteiger charge is -2.32. The van der Waals surface area contributed by atoms with E-state index >= 15 is 0 Å². The number of hydrogen-bond acceptors (Lipinski definition) is 3. The first-order valence-corrected chi connectivity index (χ1v) is 7.97. The molecule has 0 aliphatic carbocycles. The zero-order valence-corrected chi connectivity index (χ0v) is 14.0. The number of benzene rings is 1. The van der Waals surface area contributed by atoms with E-state index < -0.39 is 5.60 Å². The van der Waals surface area contributed by atoms with Crippen LogP contribution in [0.3, 0.4) is 0 Å². The van der Waals surface area contributed by atoms with Gasteiger partial charge in [-0.2, -0.15) is 0 Å². The molecule has 4 heteroatoms. The minimum absolute atomic E-state index is 0.00239. The Labute approximate surface area is 133 Å². The first-order chi connectivity index (χ1) is 10.4. The highest BCUT2D eigenvalue weighted by molar-refractivity contribution is 5.69. The third kappa shape index (κ3) is 4.47. The van der Waals surface area contributed by atoms with Gasteiger partial charge >= 0.3 is 6.09 Å². The number of hydrogen-bond donors (Lipinski definition) is 0. The Morgan fingerprint density at radius 1 is 1.32 bits per heavy atom. The number of ether oxygens (including phenoxy) is 2. The molecule has 1 aromatic carbocycles. The Kier molecular flexibility index (Phi) is 5.46. The predicted octanol–water partition coefficient (Wildman–Crippen LogP) is 3.64. The largest absolute Gasteiger partial charge is 0.444 e. The summed E-state index contributed by atoms with van der Waals surface area (Å²) in [5.41, 5.74) is 0.761. The van der Waals surface area contributed by atoms with Crippen LogP contribution in [0.4, 0.5) is 4.79 Å². The standard InChI is InChI=1S/C18H27NO3/c1-18(2,3)22-17(20)19-12-8-11-15(19)16(21-4)13-14-9-6-5-7-10-14/h5-7,9-10,15-16H,8,11-13H2,1-4H3. The summed E-state index contributed by atoms with van der Waals surface area (Å²) in [5.74, 6) is 0. The molecule has 2 rings (SSSR count). The molecule has 1 aliphatic heterocycles. The maximum absolute atomic E-state index is 12.4. The normalized spacial score (nSPS) is 20.0. The molecule has 1 aliphatic rings. The average molecular weight is 305 g/mol. The van der Waals surface area contributed by atoms with E-state index in [1.807, 2.05) is 43.9 Å². The van der Waals surface area contributed by atoms with Crippen molar-refractivity contribution in [3.8, 4) is 0 Å². The van der Waals surface area contributed by atoms with E-state index in [1.165, 1.54) is 5.56 Å². The van der Waals surface area contributed by atoms with Crippen molar-refractivity contribution in [3.05, 3.63) is 35.9 Å². The molecule has 0 spiro atoms. The number of carbonyl (C=O) groups is 1. The molecule has 1 heterocycles. The fourth-order valence-electron chi connectivity index (χ4n) is 2.95. The lowest BCUT2D eigenvalue weighted by molar-refractivity contribution is -0.00502. The highest BCUT2D eigenvalue weighted by Crippen LogP contribution is 2.26. The molecule has 0 saturated carbocycles. The molecule has 0 aromatic heterocycles. The van der Waals surface area contributed by atoms with Gasteiger partial charge < -0.3 is 14.4 Å². The number of nitrogens with zero attached hydrogens (tertiary/aromatic N) is 1. The molecule has 2 unspecified atom stereocenters. The Bertz CT molecular complexity index is 481. The van der Waals surface area contributed by atoms with Crippen LogP contribution >= 0.6 is 0 Å². The van der Waals surface area contributed by atoms with Crippen LogP contribution in [0.15, 0.2) is 30.3 Å². The molecule has 4 nitrogen and oxygen atoms in total. The van der Waals surface area contributed by atoms with Crippen LogP contribution in [0, 0.1) is 0 Å². The second kappa shape index (κ2) is 7.14. The molecule has 2 atom stereocenters. The van der Waals surface area contributed by atoms with E-state index in [0.29, 0.717) is 0 Å². The molecule has 1 saturated heterocycles. The van der Waals surface area contributed by atoms with E-state index in [1.54, 1.807) is 7.11 Å². The van der Waals surface area contributed by atoms with Gasteiger partial charge in [-0.05, 0) is 39.2 Å². The number of methoxy groups -OCH3 is 1. The molecule has 1 amide bonds. The summed E-state index contributed by atoms with van der Waals surface area (Å²) < 4.78 is 11.2. The number of carbonyl (C=O) groups excluding carboxylic acids is 1. The molecule has 1 aromatic rings. The van der Waals surface area contributed by atoms with Gasteiger partial charge in [-0.15, -0.1) is 0 Å². The second-order valence-corrected chi connectivity index (χ2v) is 6.85. The maximum Gasteiger partial charge on any atom is 0.410 e. The Morgan fingerprint density at radius 3 is 2.59 bits per heavy atom. The quantitative estimate of drug-likeness (QED) is 0.852. The molecule has 0 radical (unpaired) electrons. The zero-order chi connectivity index (χ0) is 16.2. The van der Waals surface area contributed by atoms with Crippen LogP contribution < -0.4 is 0 Å². The molecule has 22 heavy (non-hydrogen) atoms. The van der Waals surface area contributed by atoms with Crippen LogP contribution in [-0.2, 0) is 15.9 Å². The Morgan fingerprint density at radius 2 is 2.00 bits per heavy atom. The molecular formula is C18H27NO3. The summed E-state index contributed by atoms with van der Waals surface area (Å²) in [5, 5.41) is 0. The lowest BCUT2D eigenvalue weighted by atomic mass is 10.0. The Hall–Kier alpha value is -1.55.